The number of nitrogens with two attached hydrogens (primary N) is 1. The molecule has 0 aliphatic carbocycles. The third-order valence-electron chi connectivity index (χ3n) is 2.62. The minimum atomic E-state index is 0.0821. The van der Waals surface area contributed by atoms with Crippen LogP contribution >= 0.6 is 11.3 Å². The second kappa shape index (κ2) is 5.61. The van der Waals surface area contributed by atoms with Crippen molar-refractivity contribution in [1.82, 2.24) is 0 Å². The molecule has 1 aliphatic heterocycles. The van der Waals surface area contributed by atoms with Crippen molar-refractivity contribution in [1.29, 1.82) is 0 Å². The molecule has 0 radical (unpaired) electrons. The number of ether oxygens (including phenoxy) is 2. The van der Waals surface area contributed by atoms with Crippen molar-refractivity contribution in [3.8, 4) is 0 Å². The number of aryl methyl sites for hydroxylation is 1. The van der Waals surface area contributed by atoms with Crippen molar-refractivity contribution in [3.05, 3.63) is 22.4 Å². The number of thiophene rings is 1. The van der Waals surface area contributed by atoms with Gasteiger partial charge in [0.15, 0.2) is 0 Å². The summed E-state index contributed by atoms with van der Waals surface area (Å²) in [5.74, 6) is 0. The van der Waals surface area contributed by atoms with Crippen molar-refractivity contribution in [2.45, 2.75) is 25.0 Å². The Morgan fingerprint density at radius 1 is 1.53 bits per heavy atom. The molecule has 2 rings (SSSR count). The molecule has 1 aromatic rings. The van der Waals surface area contributed by atoms with Gasteiger partial charge >= 0.3 is 0 Å². The monoisotopic (exact) mass is 227 g/mol. The van der Waals surface area contributed by atoms with Gasteiger partial charge in [-0.2, -0.15) is 0 Å². The van der Waals surface area contributed by atoms with Crippen LogP contribution in [0, 0.1) is 0 Å². The molecule has 0 spiro atoms. The fourth-order valence-corrected chi connectivity index (χ4v) is 2.43. The topological polar surface area (TPSA) is 44.5 Å². The normalized spacial score (nSPS) is 23.9. The first-order valence-corrected chi connectivity index (χ1v) is 6.21. The highest BCUT2D eigenvalue weighted by atomic mass is 32.1. The zero-order valence-corrected chi connectivity index (χ0v) is 9.54. The van der Waals surface area contributed by atoms with Gasteiger partial charge in [0.2, 0.25) is 0 Å². The summed E-state index contributed by atoms with van der Waals surface area (Å²) in [6, 6.07) is 4.31. The average molecular weight is 227 g/mol. The molecule has 3 nitrogen and oxygen atoms in total. The maximum absolute atomic E-state index is 6.06. The van der Waals surface area contributed by atoms with E-state index < -0.39 is 0 Å². The van der Waals surface area contributed by atoms with Crippen LogP contribution in [0.2, 0.25) is 0 Å². The van der Waals surface area contributed by atoms with E-state index in [1.54, 1.807) is 11.3 Å². The highest BCUT2D eigenvalue weighted by Gasteiger charge is 2.21. The molecule has 1 fully saturated rings. The van der Waals surface area contributed by atoms with Crippen LogP contribution in [0.1, 0.15) is 11.3 Å². The highest BCUT2D eigenvalue weighted by Crippen LogP contribution is 2.14. The third kappa shape index (κ3) is 3.28. The minimum absolute atomic E-state index is 0.0821. The van der Waals surface area contributed by atoms with E-state index in [1.807, 2.05) is 0 Å². The van der Waals surface area contributed by atoms with Gasteiger partial charge < -0.3 is 15.2 Å². The van der Waals surface area contributed by atoms with E-state index >= 15 is 0 Å². The van der Waals surface area contributed by atoms with E-state index in [2.05, 4.69) is 17.5 Å². The zero-order chi connectivity index (χ0) is 10.5. The maximum Gasteiger partial charge on any atom is 0.0960 e. The summed E-state index contributed by atoms with van der Waals surface area (Å²) in [5.41, 5.74) is 6.06. The molecule has 4 heteroatoms. The van der Waals surface area contributed by atoms with Gasteiger partial charge in [0, 0.05) is 10.9 Å². The zero-order valence-electron chi connectivity index (χ0n) is 8.72. The SMILES string of the molecule is NC(CCc1cccs1)C1COCCO1. The molecule has 2 heterocycles. The third-order valence-corrected chi connectivity index (χ3v) is 3.56. The Morgan fingerprint density at radius 3 is 3.13 bits per heavy atom. The summed E-state index contributed by atoms with van der Waals surface area (Å²) in [7, 11) is 0. The fourth-order valence-electron chi connectivity index (χ4n) is 1.70. The predicted octanol–water partition coefficient (Wildman–Crippen LogP) is 1.42. The molecule has 2 unspecified atom stereocenters. The summed E-state index contributed by atoms with van der Waals surface area (Å²) in [6.45, 7) is 2.02. The van der Waals surface area contributed by atoms with Gasteiger partial charge in [0.1, 0.15) is 0 Å². The molecule has 84 valence electrons. The summed E-state index contributed by atoms with van der Waals surface area (Å²) in [6.07, 6.45) is 2.09. The fraction of sp³-hybridized carbons (Fsp3) is 0.636. The molecule has 2 atom stereocenters. The first kappa shape index (κ1) is 11.1. The van der Waals surface area contributed by atoms with Gasteiger partial charge in [-0.05, 0) is 24.3 Å². The lowest BCUT2D eigenvalue weighted by atomic mass is 10.1. The Kier molecular flexibility index (Phi) is 4.14. The van der Waals surface area contributed by atoms with Crippen LogP contribution in [0.5, 0.6) is 0 Å². The van der Waals surface area contributed by atoms with Crippen LogP contribution in [0.25, 0.3) is 0 Å². The van der Waals surface area contributed by atoms with Gasteiger partial charge in [0.05, 0.1) is 25.9 Å². The summed E-state index contributed by atoms with van der Waals surface area (Å²) in [4.78, 5) is 1.39. The van der Waals surface area contributed by atoms with Crippen LogP contribution in [0.3, 0.4) is 0 Å². The van der Waals surface area contributed by atoms with Crippen molar-refractivity contribution in [2.24, 2.45) is 5.73 Å². The molecule has 15 heavy (non-hydrogen) atoms. The largest absolute Gasteiger partial charge is 0.376 e. The first-order valence-electron chi connectivity index (χ1n) is 5.33. The molecule has 1 saturated heterocycles. The van der Waals surface area contributed by atoms with Gasteiger partial charge in [-0.1, -0.05) is 6.07 Å². The highest BCUT2D eigenvalue weighted by molar-refractivity contribution is 7.09. The van der Waals surface area contributed by atoms with E-state index in [0.29, 0.717) is 19.8 Å². The Morgan fingerprint density at radius 2 is 2.47 bits per heavy atom. The second-order valence-corrected chi connectivity index (χ2v) is 4.80. The standard InChI is InChI=1S/C11H17NO2S/c12-10(11-8-13-5-6-14-11)4-3-9-2-1-7-15-9/h1-2,7,10-11H,3-6,8,12H2. The van der Waals surface area contributed by atoms with Crippen molar-refractivity contribution in [3.63, 3.8) is 0 Å². The Bertz CT molecular complexity index is 270. The van der Waals surface area contributed by atoms with E-state index in [0.717, 1.165) is 12.8 Å². The molecular weight excluding hydrogens is 210 g/mol. The van der Waals surface area contributed by atoms with Crippen molar-refractivity contribution >= 4 is 11.3 Å². The Balaban J connectivity index is 1.74. The molecule has 1 aromatic heterocycles. The Labute approximate surface area is 94.2 Å². The molecular formula is C11H17NO2S. The lowest BCUT2D eigenvalue weighted by Crippen LogP contribution is -2.43. The average Bonchev–Trinajstić information content (AvgIpc) is 2.80. The van der Waals surface area contributed by atoms with E-state index in [-0.39, 0.29) is 12.1 Å². The van der Waals surface area contributed by atoms with E-state index in [1.165, 1.54) is 4.88 Å². The van der Waals surface area contributed by atoms with Crippen LogP contribution in [-0.2, 0) is 15.9 Å². The van der Waals surface area contributed by atoms with Crippen molar-refractivity contribution in [2.75, 3.05) is 19.8 Å². The van der Waals surface area contributed by atoms with E-state index in [9.17, 15) is 0 Å². The minimum Gasteiger partial charge on any atom is -0.376 e. The Hall–Kier alpha value is -0.420. The lowest BCUT2D eigenvalue weighted by Gasteiger charge is -2.27. The van der Waals surface area contributed by atoms with Crippen molar-refractivity contribution < 1.29 is 9.47 Å². The molecule has 1 aliphatic rings. The lowest BCUT2D eigenvalue weighted by molar-refractivity contribution is -0.0975. The van der Waals surface area contributed by atoms with Gasteiger partial charge in [-0.15, -0.1) is 11.3 Å². The van der Waals surface area contributed by atoms with Gasteiger partial charge in [-0.25, -0.2) is 0 Å². The van der Waals surface area contributed by atoms with Crippen LogP contribution < -0.4 is 5.73 Å². The number of hydrogen-bond acceptors (Lipinski definition) is 4. The number of rotatable bonds is 4. The molecule has 0 bridgehead atoms. The molecule has 0 amide bonds. The first-order chi connectivity index (χ1) is 7.36. The van der Waals surface area contributed by atoms with Gasteiger partial charge in [-0.3, -0.25) is 0 Å². The van der Waals surface area contributed by atoms with Gasteiger partial charge in [0.25, 0.3) is 0 Å². The maximum atomic E-state index is 6.06. The number of hydrogen-bond donors (Lipinski definition) is 1. The molecule has 0 aromatic carbocycles. The molecule has 0 saturated carbocycles. The quantitative estimate of drug-likeness (QED) is 0.846. The summed E-state index contributed by atoms with van der Waals surface area (Å²) in [5, 5.41) is 2.10. The predicted molar refractivity (Wildman–Crippen MR) is 61.2 cm³/mol. The summed E-state index contributed by atoms with van der Waals surface area (Å²) >= 11 is 1.78. The van der Waals surface area contributed by atoms with Crippen LogP contribution in [-0.4, -0.2) is 32.0 Å². The van der Waals surface area contributed by atoms with Crippen LogP contribution in [0.15, 0.2) is 17.5 Å². The molecule has 2 N–H and O–H groups in total. The second-order valence-electron chi connectivity index (χ2n) is 3.77. The van der Waals surface area contributed by atoms with E-state index in [4.69, 9.17) is 15.2 Å². The smallest absolute Gasteiger partial charge is 0.0960 e. The summed E-state index contributed by atoms with van der Waals surface area (Å²) < 4.78 is 10.9. The van der Waals surface area contributed by atoms with Crippen LogP contribution in [0.4, 0.5) is 0 Å².